The van der Waals surface area contributed by atoms with Crippen LogP contribution in [0.5, 0.6) is 11.5 Å². The second-order valence-electron chi connectivity index (χ2n) is 7.21. The topological polar surface area (TPSA) is 76.7 Å². The number of fused-ring (bicyclic) bond motifs is 1. The average Bonchev–Trinajstić information content (AvgIpc) is 3.04. The molecule has 0 radical (unpaired) electrons. The number of carbonyl (C=O) groups excluding carboxylic acids is 2. The molecule has 2 N–H and O–H groups in total. The molecule has 1 aliphatic heterocycles. The number of benzene rings is 1. The van der Waals surface area contributed by atoms with Crippen molar-refractivity contribution in [1.29, 1.82) is 0 Å². The summed E-state index contributed by atoms with van der Waals surface area (Å²) in [5.74, 6) is 1.08. The molecule has 1 saturated carbocycles. The van der Waals surface area contributed by atoms with Crippen LogP contribution in [0.4, 0.5) is 0 Å². The minimum atomic E-state index is -0.378. The van der Waals surface area contributed by atoms with Gasteiger partial charge in [0, 0.05) is 29.5 Å². The van der Waals surface area contributed by atoms with Gasteiger partial charge in [-0.3, -0.25) is 20.4 Å². The highest BCUT2D eigenvalue weighted by Gasteiger charge is 2.22. The van der Waals surface area contributed by atoms with Crippen molar-refractivity contribution < 1.29 is 19.1 Å². The smallest absolute Gasteiger partial charge is 0.262 e. The standard InChI is InChI=1S/C21H28N2O4/c1-3-26-18-13-17-11-14(2)27-19(17)12-16(18)9-10-20(24)22-23-21(25)15-7-5-4-6-8-15/h9-10,12-15H,3-8,11H2,1-2H3,(H,22,24)(H,23,25)/b10-9+/t14-/m1/s1. The lowest BCUT2D eigenvalue weighted by Crippen LogP contribution is -2.44. The molecular weight excluding hydrogens is 344 g/mol. The summed E-state index contributed by atoms with van der Waals surface area (Å²) in [5, 5.41) is 0. The van der Waals surface area contributed by atoms with Gasteiger partial charge in [-0.15, -0.1) is 0 Å². The van der Waals surface area contributed by atoms with E-state index >= 15 is 0 Å². The van der Waals surface area contributed by atoms with Gasteiger partial charge in [0.15, 0.2) is 0 Å². The van der Waals surface area contributed by atoms with Crippen LogP contribution in [0.15, 0.2) is 18.2 Å². The minimum Gasteiger partial charge on any atom is -0.493 e. The molecular formula is C21H28N2O4. The lowest BCUT2D eigenvalue weighted by molar-refractivity contribution is -0.130. The van der Waals surface area contributed by atoms with Gasteiger partial charge < -0.3 is 9.47 Å². The minimum absolute atomic E-state index is 0.00318. The van der Waals surface area contributed by atoms with E-state index in [-0.39, 0.29) is 23.8 Å². The lowest BCUT2D eigenvalue weighted by Gasteiger charge is -2.20. The van der Waals surface area contributed by atoms with Crippen molar-refractivity contribution >= 4 is 17.9 Å². The molecule has 1 atom stereocenters. The molecule has 1 aliphatic carbocycles. The van der Waals surface area contributed by atoms with Crippen LogP contribution in [0.25, 0.3) is 6.08 Å². The number of hydrogen-bond donors (Lipinski definition) is 2. The summed E-state index contributed by atoms with van der Waals surface area (Å²) >= 11 is 0. The Morgan fingerprint density at radius 3 is 2.74 bits per heavy atom. The van der Waals surface area contributed by atoms with Crippen LogP contribution in [0.1, 0.15) is 57.1 Å². The monoisotopic (exact) mass is 372 g/mol. The number of rotatable bonds is 5. The molecule has 6 heteroatoms. The van der Waals surface area contributed by atoms with E-state index in [0.29, 0.717) is 6.61 Å². The SMILES string of the molecule is CCOc1cc2c(cc1/C=C/C(=O)NNC(=O)C1CCCCC1)O[C@H](C)C2. The van der Waals surface area contributed by atoms with E-state index in [1.165, 1.54) is 12.5 Å². The fourth-order valence-corrected chi connectivity index (χ4v) is 3.66. The summed E-state index contributed by atoms with van der Waals surface area (Å²) < 4.78 is 11.5. The zero-order valence-corrected chi connectivity index (χ0v) is 16.0. The van der Waals surface area contributed by atoms with Crippen molar-refractivity contribution in [3.63, 3.8) is 0 Å². The van der Waals surface area contributed by atoms with Gasteiger partial charge in [-0.1, -0.05) is 19.3 Å². The summed E-state index contributed by atoms with van der Waals surface area (Å²) in [6.07, 6.45) is 9.19. The lowest BCUT2D eigenvalue weighted by atomic mass is 9.89. The normalized spacial score (nSPS) is 19.4. The first-order chi connectivity index (χ1) is 13.1. The molecule has 0 bridgehead atoms. The van der Waals surface area contributed by atoms with Crippen molar-refractivity contribution in [2.24, 2.45) is 5.92 Å². The Morgan fingerprint density at radius 2 is 2.00 bits per heavy atom. The predicted octanol–water partition coefficient (Wildman–Crippen LogP) is 3.15. The Hall–Kier alpha value is -2.50. The van der Waals surface area contributed by atoms with Crippen LogP contribution in [0.3, 0.4) is 0 Å². The molecule has 27 heavy (non-hydrogen) atoms. The van der Waals surface area contributed by atoms with Gasteiger partial charge in [-0.05, 0) is 44.9 Å². The number of amides is 2. The van der Waals surface area contributed by atoms with Crippen molar-refractivity contribution in [2.45, 2.75) is 58.5 Å². The van der Waals surface area contributed by atoms with Crippen molar-refractivity contribution in [1.82, 2.24) is 10.9 Å². The molecule has 2 aliphatic rings. The summed E-state index contributed by atoms with van der Waals surface area (Å²) in [6, 6.07) is 3.87. The van der Waals surface area contributed by atoms with Crippen LogP contribution in [0, 0.1) is 5.92 Å². The van der Waals surface area contributed by atoms with Gasteiger partial charge >= 0.3 is 0 Å². The van der Waals surface area contributed by atoms with Crippen LogP contribution in [0.2, 0.25) is 0 Å². The molecule has 0 spiro atoms. The number of hydrazine groups is 1. The maximum Gasteiger partial charge on any atom is 0.262 e. The van der Waals surface area contributed by atoms with Crippen molar-refractivity contribution in [3.8, 4) is 11.5 Å². The highest BCUT2D eigenvalue weighted by atomic mass is 16.5. The Balaban J connectivity index is 1.60. The fraction of sp³-hybridized carbons (Fsp3) is 0.524. The molecule has 1 aromatic carbocycles. The first kappa shape index (κ1) is 19.3. The Labute approximate surface area is 160 Å². The largest absolute Gasteiger partial charge is 0.493 e. The third-order valence-electron chi connectivity index (χ3n) is 5.03. The zero-order chi connectivity index (χ0) is 19.2. The number of ether oxygens (including phenoxy) is 2. The Morgan fingerprint density at radius 1 is 1.22 bits per heavy atom. The van der Waals surface area contributed by atoms with Crippen LogP contribution < -0.4 is 20.3 Å². The molecule has 1 heterocycles. The van der Waals surface area contributed by atoms with E-state index in [9.17, 15) is 9.59 Å². The molecule has 3 rings (SSSR count). The van der Waals surface area contributed by atoms with Gasteiger partial charge in [-0.2, -0.15) is 0 Å². The van der Waals surface area contributed by atoms with E-state index in [1.807, 2.05) is 26.0 Å². The molecule has 0 saturated heterocycles. The summed E-state index contributed by atoms with van der Waals surface area (Å²) in [6.45, 7) is 4.49. The number of carbonyl (C=O) groups is 2. The van der Waals surface area contributed by atoms with E-state index in [4.69, 9.17) is 9.47 Å². The summed E-state index contributed by atoms with van der Waals surface area (Å²) in [4.78, 5) is 24.2. The van der Waals surface area contributed by atoms with Crippen LogP contribution in [-0.4, -0.2) is 24.5 Å². The molecule has 0 aromatic heterocycles. The van der Waals surface area contributed by atoms with E-state index < -0.39 is 0 Å². The third kappa shape index (κ3) is 5.02. The van der Waals surface area contributed by atoms with Gasteiger partial charge in [0.05, 0.1) is 6.61 Å². The maximum absolute atomic E-state index is 12.1. The highest BCUT2D eigenvalue weighted by molar-refractivity contribution is 5.93. The zero-order valence-electron chi connectivity index (χ0n) is 16.0. The first-order valence-corrected chi connectivity index (χ1v) is 9.81. The van der Waals surface area contributed by atoms with E-state index in [1.54, 1.807) is 6.08 Å². The quantitative estimate of drug-likeness (QED) is 0.615. The summed E-state index contributed by atoms with van der Waals surface area (Å²) in [5.41, 5.74) is 6.89. The molecule has 0 unspecified atom stereocenters. The van der Waals surface area contributed by atoms with Gasteiger partial charge in [0.1, 0.15) is 17.6 Å². The molecule has 2 amide bonds. The first-order valence-electron chi connectivity index (χ1n) is 9.81. The molecule has 146 valence electrons. The third-order valence-corrected chi connectivity index (χ3v) is 5.03. The second kappa shape index (κ2) is 8.93. The number of hydrogen-bond acceptors (Lipinski definition) is 4. The molecule has 1 aromatic rings. The second-order valence-corrected chi connectivity index (χ2v) is 7.21. The van der Waals surface area contributed by atoms with Crippen molar-refractivity contribution in [3.05, 3.63) is 29.3 Å². The van der Waals surface area contributed by atoms with Gasteiger partial charge in [0.25, 0.3) is 5.91 Å². The average molecular weight is 372 g/mol. The van der Waals surface area contributed by atoms with Crippen molar-refractivity contribution in [2.75, 3.05) is 6.61 Å². The van der Waals surface area contributed by atoms with Crippen LogP contribution in [-0.2, 0) is 16.0 Å². The molecule has 1 fully saturated rings. The Kier molecular flexibility index (Phi) is 6.37. The van der Waals surface area contributed by atoms with E-state index in [0.717, 1.165) is 54.7 Å². The van der Waals surface area contributed by atoms with E-state index in [2.05, 4.69) is 10.9 Å². The highest BCUT2D eigenvalue weighted by Crippen LogP contribution is 2.35. The van der Waals surface area contributed by atoms with Crippen LogP contribution >= 0.6 is 0 Å². The van der Waals surface area contributed by atoms with Gasteiger partial charge in [0.2, 0.25) is 5.91 Å². The predicted molar refractivity (Wildman–Crippen MR) is 103 cm³/mol. The summed E-state index contributed by atoms with van der Waals surface area (Å²) in [7, 11) is 0. The number of nitrogens with one attached hydrogen (secondary N) is 2. The Bertz CT molecular complexity index is 723. The van der Waals surface area contributed by atoms with Gasteiger partial charge in [-0.25, -0.2) is 0 Å². The fourth-order valence-electron chi connectivity index (χ4n) is 3.66. The maximum atomic E-state index is 12.1. The molecule has 6 nitrogen and oxygen atoms in total.